The quantitative estimate of drug-likeness (QED) is 0.519. The number of nitrogens with one attached hydrogen (secondary N) is 1. The molecule has 2 aromatic rings. The Labute approximate surface area is 129 Å². The van der Waals surface area contributed by atoms with Gasteiger partial charge in [-0.05, 0) is 13.0 Å². The lowest BCUT2D eigenvalue weighted by Gasteiger charge is -2.37. The number of aromatic nitrogens is 2. The number of ether oxygens (including phenoxy) is 1. The van der Waals surface area contributed by atoms with Gasteiger partial charge in [-0.25, -0.2) is 4.98 Å². The molecule has 7 nitrogen and oxygen atoms in total. The van der Waals surface area contributed by atoms with E-state index in [1.54, 1.807) is 6.07 Å². The summed E-state index contributed by atoms with van der Waals surface area (Å²) in [6, 6.07) is 4.85. The van der Waals surface area contributed by atoms with Crippen molar-refractivity contribution in [1.29, 1.82) is 0 Å². The minimum atomic E-state index is -0.405. The van der Waals surface area contributed by atoms with E-state index in [-0.39, 0.29) is 17.8 Å². The number of anilines is 1. The van der Waals surface area contributed by atoms with Gasteiger partial charge >= 0.3 is 0 Å². The van der Waals surface area contributed by atoms with E-state index in [1.165, 1.54) is 12.1 Å². The van der Waals surface area contributed by atoms with Crippen molar-refractivity contribution in [2.75, 3.05) is 23.4 Å². The first-order valence-electron chi connectivity index (χ1n) is 6.67. The van der Waals surface area contributed by atoms with Crippen molar-refractivity contribution in [3.63, 3.8) is 0 Å². The largest absolute Gasteiger partial charge is 0.373 e. The number of non-ortho nitro benzene ring substituents is 1. The minimum absolute atomic E-state index is 0.0612. The van der Waals surface area contributed by atoms with Crippen molar-refractivity contribution >= 4 is 38.6 Å². The van der Waals surface area contributed by atoms with E-state index in [9.17, 15) is 10.1 Å². The maximum absolute atomic E-state index is 10.8. The van der Waals surface area contributed by atoms with Crippen LogP contribution < -0.4 is 4.90 Å². The van der Waals surface area contributed by atoms with Gasteiger partial charge < -0.3 is 14.6 Å². The van der Waals surface area contributed by atoms with E-state index in [0.717, 1.165) is 23.3 Å². The third kappa shape index (κ3) is 2.73. The van der Waals surface area contributed by atoms with Gasteiger partial charge in [0.1, 0.15) is 0 Å². The van der Waals surface area contributed by atoms with Gasteiger partial charge in [0.15, 0.2) is 0 Å². The van der Waals surface area contributed by atoms with Crippen molar-refractivity contribution < 1.29 is 9.66 Å². The molecule has 2 heterocycles. The van der Waals surface area contributed by atoms with Gasteiger partial charge in [-0.3, -0.25) is 10.1 Å². The van der Waals surface area contributed by atoms with Crippen molar-refractivity contribution in [3.05, 3.63) is 28.3 Å². The number of H-pyrrole nitrogens is 1. The molecule has 0 radical (unpaired) electrons. The van der Waals surface area contributed by atoms with Crippen LogP contribution >= 0.6 is 15.9 Å². The highest BCUT2D eigenvalue weighted by molar-refractivity contribution is 9.09. The molecule has 0 saturated carbocycles. The lowest BCUT2D eigenvalue weighted by atomic mass is 10.2. The molecule has 0 aliphatic carbocycles. The van der Waals surface area contributed by atoms with E-state index in [0.29, 0.717) is 12.1 Å². The van der Waals surface area contributed by atoms with E-state index in [2.05, 4.69) is 37.7 Å². The fourth-order valence-electron chi connectivity index (χ4n) is 2.44. The third-order valence-electron chi connectivity index (χ3n) is 3.61. The van der Waals surface area contributed by atoms with Crippen molar-refractivity contribution in [1.82, 2.24) is 9.97 Å². The zero-order valence-electron chi connectivity index (χ0n) is 11.5. The van der Waals surface area contributed by atoms with E-state index >= 15 is 0 Å². The van der Waals surface area contributed by atoms with E-state index in [4.69, 9.17) is 4.74 Å². The Morgan fingerprint density at radius 2 is 2.43 bits per heavy atom. The van der Waals surface area contributed by atoms with Crippen LogP contribution in [0.1, 0.15) is 6.92 Å². The Morgan fingerprint density at radius 1 is 1.62 bits per heavy atom. The predicted molar refractivity (Wildman–Crippen MR) is 83.1 cm³/mol. The zero-order valence-corrected chi connectivity index (χ0v) is 13.0. The van der Waals surface area contributed by atoms with Crippen LogP contribution in [0.3, 0.4) is 0 Å². The average molecular weight is 355 g/mol. The maximum Gasteiger partial charge on any atom is 0.271 e. The summed E-state index contributed by atoms with van der Waals surface area (Å²) in [6.07, 6.45) is 0.115. The summed E-state index contributed by atoms with van der Waals surface area (Å²) in [7, 11) is 0. The van der Waals surface area contributed by atoms with Crippen LogP contribution in [-0.2, 0) is 4.74 Å². The normalized spacial score (nSPS) is 22.7. The number of nitro benzene ring substituents is 1. The SMILES string of the molecule is CC1COC(CBr)CN1c1nc2ccc([N+](=O)[O-])cc2[nH]1. The standard InChI is InChI=1S/C13H15BrN4O3/c1-8-7-21-10(5-14)6-17(8)13-15-11-3-2-9(18(19)20)4-12(11)16-13/h2-4,8,10H,5-7H2,1H3,(H,15,16). The summed E-state index contributed by atoms with van der Waals surface area (Å²) >= 11 is 3.43. The molecular formula is C13H15BrN4O3. The van der Waals surface area contributed by atoms with Crippen LogP contribution in [0.4, 0.5) is 11.6 Å². The number of benzene rings is 1. The molecule has 8 heteroatoms. The van der Waals surface area contributed by atoms with E-state index in [1.807, 2.05) is 0 Å². The van der Waals surface area contributed by atoms with Crippen LogP contribution in [0.2, 0.25) is 0 Å². The highest BCUT2D eigenvalue weighted by Gasteiger charge is 2.27. The molecule has 1 N–H and O–H groups in total. The molecule has 1 aromatic heterocycles. The van der Waals surface area contributed by atoms with Crippen LogP contribution in [0.15, 0.2) is 18.2 Å². The number of alkyl halides is 1. The second-order valence-corrected chi connectivity index (χ2v) is 5.78. The molecule has 1 aliphatic heterocycles. The highest BCUT2D eigenvalue weighted by atomic mass is 79.9. The number of halogens is 1. The van der Waals surface area contributed by atoms with Crippen molar-refractivity contribution in [3.8, 4) is 0 Å². The van der Waals surface area contributed by atoms with Crippen LogP contribution in [0.25, 0.3) is 11.0 Å². The highest BCUT2D eigenvalue weighted by Crippen LogP contribution is 2.25. The molecule has 2 unspecified atom stereocenters. The summed E-state index contributed by atoms with van der Waals surface area (Å²) in [5, 5.41) is 11.6. The second-order valence-electron chi connectivity index (χ2n) is 5.13. The van der Waals surface area contributed by atoms with E-state index < -0.39 is 4.92 Å². The first-order chi connectivity index (χ1) is 10.1. The van der Waals surface area contributed by atoms with Crippen molar-refractivity contribution in [2.24, 2.45) is 0 Å². The fourth-order valence-corrected chi connectivity index (χ4v) is 2.83. The Kier molecular flexibility index (Phi) is 3.81. The summed E-state index contributed by atoms with van der Waals surface area (Å²) < 4.78 is 5.70. The molecule has 3 rings (SSSR count). The van der Waals surface area contributed by atoms with Gasteiger partial charge in [0.25, 0.3) is 5.69 Å². The number of rotatable bonds is 3. The topological polar surface area (TPSA) is 84.3 Å². The molecule has 1 saturated heterocycles. The number of aromatic amines is 1. The molecule has 2 atom stereocenters. The Hall–Kier alpha value is -1.67. The number of nitro groups is 1. The summed E-state index contributed by atoms with van der Waals surface area (Å²) in [4.78, 5) is 20.3. The van der Waals surface area contributed by atoms with Gasteiger partial charge in [-0.1, -0.05) is 15.9 Å². The lowest BCUT2D eigenvalue weighted by molar-refractivity contribution is -0.384. The first-order valence-corrected chi connectivity index (χ1v) is 7.79. The molecular weight excluding hydrogens is 340 g/mol. The third-order valence-corrected chi connectivity index (χ3v) is 4.34. The molecule has 21 heavy (non-hydrogen) atoms. The molecule has 0 amide bonds. The molecule has 1 aromatic carbocycles. The van der Waals surface area contributed by atoms with Gasteiger partial charge in [0.05, 0.1) is 34.7 Å². The lowest BCUT2D eigenvalue weighted by Crippen LogP contribution is -2.49. The summed E-state index contributed by atoms with van der Waals surface area (Å²) in [6.45, 7) is 3.43. The molecule has 0 spiro atoms. The summed E-state index contributed by atoms with van der Waals surface area (Å²) in [5.41, 5.74) is 1.46. The number of hydrogen-bond acceptors (Lipinski definition) is 5. The number of imidazole rings is 1. The first kappa shape index (κ1) is 14.3. The number of hydrogen-bond donors (Lipinski definition) is 1. The van der Waals surface area contributed by atoms with Gasteiger partial charge in [-0.2, -0.15) is 0 Å². The molecule has 1 aliphatic rings. The molecule has 1 fully saturated rings. The van der Waals surface area contributed by atoms with Gasteiger partial charge in [0, 0.05) is 24.0 Å². The van der Waals surface area contributed by atoms with Crippen molar-refractivity contribution in [2.45, 2.75) is 19.1 Å². The Bertz CT molecular complexity index is 674. The monoisotopic (exact) mass is 354 g/mol. The smallest absolute Gasteiger partial charge is 0.271 e. The molecule has 0 bridgehead atoms. The van der Waals surface area contributed by atoms with Crippen LogP contribution in [0.5, 0.6) is 0 Å². The summed E-state index contributed by atoms with van der Waals surface area (Å²) in [5.74, 6) is 0.729. The van der Waals surface area contributed by atoms with Gasteiger partial charge in [0.2, 0.25) is 5.95 Å². The Balaban J connectivity index is 1.94. The zero-order chi connectivity index (χ0) is 15.0. The second kappa shape index (κ2) is 5.61. The average Bonchev–Trinajstić information content (AvgIpc) is 2.90. The minimum Gasteiger partial charge on any atom is -0.373 e. The number of morpholine rings is 1. The number of nitrogens with zero attached hydrogens (tertiary/aromatic N) is 3. The maximum atomic E-state index is 10.8. The fraction of sp³-hybridized carbons (Fsp3) is 0.462. The van der Waals surface area contributed by atoms with Crippen LogP contribution in [-0.4, -0.2) is 45.5 Å². The molecule has 112 valence electrons. The van der Waals surface area contributed by atoms with Crippen LogP contribution in [0, 0.1) is 10.1 Å². The number of fused-ring (bicyclic) bond motifs is 1. The Morgan fingerprint density at radius 3 is 3.14 bits per heavy atom. The predicted octanol–water partition coefficient (Wildman–Crippen LogP) is 2.46. The van der Waals surface area contributed by atoms with Gasteiger partial charge in [-0.15, -0.1) is 0 Å².